The van der Waals surface area contributed by atoms with Crippen LogP contribution in [0, 0.1) is 19.8 Å². The molecular formula is C19H29N3O4. The van der Waals surface area contributed by atoms with E-state index in [0.29, 0.717) is 11.5 Å². The summed E-state index contributed by atoms with van der Waals surface area (Å²) in [5.74, 6) is -0.106. The smallest absolute Gasteiger partial charge is 0.325 e. The fourth-order valence-corrected chi connectivity index (χ4v) is 3.32. The number of aromatic nitrogens is 1. The average Bonchev–Trinajstić information content (AvgIpc) is 2.94. The SMILES string of the molecule is COCC1(C)NC(=O)N(CC(=O)c2cc(C)n(CCC(C)C)c2C)C1=O. The Kier molecular flexibility index (Phi) is 5.91. The molecule has 3 amide bonds. The van der Waals surface area contributed by atoms with Crippen molar-refractivity contribution in [2.45, 2.75) is 53.1 Å². The predicted octanol–water partition coefficient (Wildman–Crippen LogP) is 2.29. The van der Waals surface area contributed by atoms with Crippen LogP contribution in [-0.4, -0.2) is 53.0 Å². The number of amides is 3. The van der Waals surface area contributed by atoms with Gasteiger partial charge in [0.2, 0.25) is 0 Å². The van der Waals surface area contributed by atoms with Crippen LogP contribution < -0.4 is 5.32 Å². The lowest BCUT2D eigenvalue weighted by Gasteiger charge is -2.20. The molecule has 1 N–H and O–H groups in total. The normalized spacial score (nSPS) is 20.2. The molecule has 0 spiro atoms. The molecule has 144 valence electrons. The molecule has 26 heavy (non-hydrogen) atoms. The summed E-state index contributed by atoms with van der Waals surface area (Å²) in [6.07, 6.45) is 1.02. The molecule has 0 saturated carbocycles. The maximum Gasteiger partial charge on any atom is 0.325 e. The van der Waals surface area contributed by atoms with Gasteiger partial charge in [0.15, 0.2) is 5.78 Å². The van der Waals surface area contributed by atoms with Gasteiger partial charge in [-0.2, -0.15) is 0 Å². The topological polar surface area (TPSA) is 80.6 Å². The maximum atomic E-state index is 12.8. The van der Waals surface area contributed by atoms with Crippen LogP contribution in [0.4, 0.5) is 4.79 Å². The molecule has 0 aliphatic carbocycles. The highest BCUT2D eigenvalue weighted by molar-refractivity contribution is 6.11. The highest BCUT2D eigenvalue weighted by atomic mass is 16.5. The summed E-state index contributed by atoms with van der Waals surface area (Å²) >= 11 is 0. The molecule has 2 rings (SSSR count). The van der Waals surface area contributed by atoms with Gasteiger partial charge in [-0.3, -0.25) is 14.5 Å². The number of carbonyl (C=O) groups excluding carboxylic acids is 3. The molecule has 1 aliphatic heterocycles. The van der Waals surface area contributed by atoms with Crippen molar-refractivity contribution < 1.29 is 19.1 Å². The Morgan fingerprint density at radius 2 is 1.96 bits per heavy atom. The second kappa shape index (κ2) is 7.61. The van der Waals surface area contributed by atoms with E-state index in [0.717, 1.165) is 29.3 Å². The van der Waals surface area contributed by atoms with E-state index < -0.39 is 17.5 Å². The van der Waals surface area contributed by atoms with Crippen LogP contribution in [0.25, 0.3) is 0 Å². The van der Waals surface area contributed by atoms with Crippen molar-refractivity contribution in [3.63, 3.8) is 0 Å². The summed E-state index contributed by atoms with van der Waals surface area (Å²) < 4.78 is 7.14. The van der Waals surface area contributed by atoms with Gasteiger partial charge in [0.05, 0.1) is 13.2 Å². The van der Waals surface area contributed by atoms with Crippen LogP contribution in [0.5, 0.6) is 0 Å². The third-order valence-corrected chi connectivity index (χ3v) is 4.88. The summed E-state index contributed by atoms with van der Waals surface area (Å²) in [6.45, 7) is 10.4. The molecule has 7 heteroatoms. The zero-order valence-corrected chi connectivity index (χ0v) is 16.5. The second-order valence-electron chi connectivity index (χ2n) is 7.63. The molecular weight excluding hydrogens is 334 g/mol. The van der Waals surface area contributed by atoms with E-state index >= 15 is 0 Å². The third-order valence-electron chi connectivity index (χ3n) is 4.88. The standard InChI is InChI=1S/C19H29N3O4/c1-12(2)7-8-21-13(3)9-15(14(21)4)16(23)10-22-17(24)19(5,11-26-6)20-18(22)25/h9,12H,7-8,10-11H2,1-6H3,(H,20,25). The molecule has 1 atom stereocenters. The monoisotopic (exact) mass is 363 g/mol. The Labute approximate surface area is 154 Å². The van der Waals surface area contributed by atoms with Gasteiger partial charge >= 0.3 is 6.03 Å². The number of Topliss-reactive ketones (excluding diaryl/α,β-unsaturated/α-hetero) is 1. The molecule has 1 aromatic heterocycles. The Bertz CT molecular complexity index is 723. The number of nitrogens with one attached hydrogen (secondary N) is 1. The van der Waals surface area contributed by atoms with Crippen LogP contribution in [0.3, 0.4) is 0 Å². The first kappa shape index (κ1) is 20.2. The minimum absolute atomic E-state index is 0.0615. The minimum Gasteiger partial charge on any atom is -0.382 e. The molecule has 0 bridgehead atoms. The van der Waals surface area contributed by atoms with Crippen molar-refractivity contribution in [1.29, 1.82) is 0 Å². The number of urea groups is 1. The number of carbonyl (C=O) groups is 3. The quantitative estimate of drug-likeness (QED) is 0.568. The lowest BCUT2D eigenvalue weighted by Crippen LogP contribution is -2.48. The van der Waals surface area contributed by atoms with Crippen molar-refractivity contribution in [1.82, 2.24) is 14.8 Å². The van der Waals surface area contributed by atoms with Gasteiger partial charge in [0.1, 0.15) is 5.54 Å². The van der Waals surface area contributed by atoms with Crippen molar-refractivity contribution in [2.75, 3.05) is 20.3 Å². The molecule has 0 radical (unpaired) electrons. The van der Waals surface area contributed by atoms with Crippen LogP contribution in [0.1, 0.15) is 48.9 Å². The highest BCUT2D eigenvalue weighted by Crippen LogP contribution is 2.21. The molecule has 7 nitrogen and oxygen atoms in total. The van der Waals surface area contributed by atoms with Gasteiger partial charge in [-0.1, -0.05) is 13.8 Å². The van der Waals surface area contributed by atoms with E-state index in [1.54, 1.807) is 6.92 Å². The number of hydrogen-bond acceptors (Lipinski definition) is 4. The van der Waals surface area contributed by atoms with Crippen LogP contribution in [0.2, 0.25) is 0 Å². The second-order valence-corrected chi connectivity index (χ2v) is 7.63. The molecule has 1 saturated heterocycles. The van der Waals surface area contributed by atoms with Crippen LogP contribution in [0.15, 0.2) is 6.07 Å². The Balaban J connectivity index is 2.17. The van der Waals surface area contributed by atoms with E-state index in [-0.39, 0.29) is 18.9 Å². The summed E-state index contributed by atoms with van der Waals surface area (Å²) in [6, 6.07) is 1.28. The average molecular weight is 363 g/mol. The number of ketones is 1. The predicted molar refractivity (Wildman–Crippen MR) is 98.2 cm³/mol. The van der Waals surface area contributed by atoms with Gasteiger partial charge in [0.25, 0.3) is 5.91 Å². The van der Waals surface area contributed by atoms with Crippen LogP contribution in [-0.2, 0) is 16.1 Å². The summed E-state index contributed by atoms with van der Waals surface area (Å²) in [5.41, 5.74) is 1.32. The zero-order valence-electron chi connectivity index (χ0n) is 16.5. The lowest BCUT2D eigenvalue weighted by molar-refractivity contribution is -0.132. The highest BCUT2D eigenvalue weighted by Gasteiger charge is 2.48. The van der Waals surface area contributed by atoms with Crippen LogP contribution >= 0.6 is 0 Å². The van der Waals surface area contributed by atoms with Crippen molar-refractivity contribution >= 4 is 17.7 Å². The lowest BCUT2D eigenvalue weighted by atomic mass is 10.0. The first-order chi connectivity index (χ1) is 12.1. The summed E-state index contributed by atoms with van der Waals surface area (Å²) in [4.78, 5) is 38.4. The van der Waals surface area contributed by atoms with Crippen molar-refractivity contribution in [3.8, 4) is 0 Å². The molecule has 1 aliphatic rings. The molecule has 1 aromatic rings. The minimum atomic E-state index is -1.12. The third kappa shape index (κ3) is 3.82. The number of nitrogens with zero attached hydrogens (tertiary/aromatic N) is 2. The fraction of sp³-hybridized carbons (Fsp3) is 0.632. The molecule has 1 fully saturated rings. The molecule has 2 heterocycles. The van der Waals surface area contributed by atoms with Gasteiger partial charge in [-0.05, 0) is 39.2 Å². The number of imide groups is 1. The van der Waals surface area contributed by atoms with Crippen molar-refractivity contribution in [3.05, 3.63) is 23.0 Å². The zero-order chi connectivity index (χ0) is 19.6. The maximum absolute atomic E-state index is 12.8. The first-order valence-electron chi connectivity index (χ1n) is 8.93. The molecule has 1 unspecified atom stereocenters. The largest absolute Gasteiger partial charge is 0.382 e. The number of methoxy groups -OCH3 is 1. The van der Waals surface area contributed by atoms with E-state index in [4.69, 9.17) is 4.74 Å². The van der Waals surface area contributed by atoms with Gasteiger partial charge in [-0.25, -0.2) is 4.79 Å². The van der Waals surface area contributed by atoms with E-state index in [1.807, 2.05) is 19.9 Å². The Morgan fingerprint density at radius 3 is 2.54 bits per heavy atom. The summed E-state index contributed by atoms with van der Waals surface area (Å²) in [5, 5.41) is 2.61. The van der Waals surface area contributed by atoms with Crippen molar-refractivity contribution in [2.24, 2.45) is 5.92 Å². The Hall–Kier alpha value is -2.15. The first-order valence-corrected chi connectivity index (χ1v) is 8.93. The van der Waals surface area contributed by atoms with E-state index in [9.17, 15) is 14.4 Å². The van der Waals surface area contributed by atoms with Gasteiger partial charge < -0.3 is 14.6 Å². The number of ether oxygens (including phenoxy) is 1. The summed E-state index contributed by atoms with van der Waals surface area (Å²) in [7, 11) is 1.46. The fourth-order valence-electron chi connectivity index (χ4n) is 3.32. The molecule has 0 aromatic carbocycles. The number of hydrogen-bond donors (Lipinski definition) is 1. The van der Waals surface area contributed by atoms with Gasteiger partial charge in [0, 0.05) is 30.6 Å². The number of rotatable bonds is 8. The van der Waals surface area contributed by atoms with E-state index in [2.05, 4.69) is 23.7 Å². The Morgan fingerprint density at radius 1 is 1.31 bits per heavy atom. The van der Waals surface area contributed by atoms with E-state index in [1.165, 1.54) is 7.11 Å². The number of aryl methyl sites for hydroxylation is 1. The van der Waals surface area contributed by atoms with Gasteiger partial charge in [-0.15, -0.1) is 0 Å².